The van der Waals surface area contributed by atoms with Crippen LogP contribution in [-0.4, -0.2) is 46.4 Å². The number of hydrogen-bond donors (Lipinski definition) is 2. The van der Waals surface area contributed by atoms with Crippen molar-refractivity contribution in [2.24, 2.45) is 0 Å². The van der Waals surface area contributed by atoms with Crippen molar-refractivity contribution < 1.29 is 24.5 Å². The van der Waals surface area contributed by atoms with Crippen molar-refractivity contribution in [1.29, 1.82) is 0 Å². The number of ether oxygens (including phenoxy) is 2. The second kappa shape index (κ2) is 9.70. The van der Waals surface area contributed by atoms with E-state index in [0.717, 1.165) is 5.56 Å². The second-order valence-corrected chi connectivity index (χ2v) is 11.0. The number of halogens is 2. The molecule has 0 aliphatic carbocycles. The third-order valence-corrected chi connectivity index (χ3v) is 7.68. The lowest BCUT2D eigenvalue weighted by Gasteiger charge is -2.44. The Kier molecular flexibility index (Phi) is 6.86. The molecule has 194 valence electrons. The molecule has 8 heteroatoms. The van der Waals surface area contributed by atoms with E-state index in [9.17, 15) is 15.0 Å². The predicted octanol–water partition coefficient (Wildman–Crippen LogP) is 5.42. The molecule has 0 aromatic heterocycles. The summed E-state index contributed by atoms with van der Waals surface area (Å²) in [6.07, 6.45) is -1.53. The zero-order valence-electron chi connectivity index (χ0n) is 20.8. The molecule has 3 aromatic carbocycles. The van der Waals surface area contributed by atoms with Crippen LogP contribution in [0.4, 0.5) is 0 Å². The van der Waals surface area contributed by atoms with Crippen LogP contribution in [0.15, 0.2) is 66.7 Å². The smallest absolute Gasteiger partial charge is 0.257 e. The first-order chi connectivity index (χ1) is 17.5. The van der Waals surface area contributed by atoms with E-state index in [2.05, 4.69) is 0 Å². The number of amides is 1. The summed E-state index contributed by atoms with van der Waals surface area (Å²) in [7, 11) is 0. The van der Waals surface area contributed by atoms with Crippen LogP contribution in [-0.2, 0) is 20.8 Å². The normalized spacial score (nSPS) is 24.4. The molecule has 1 saturated heterocycles. The van der Waals surface area contributed by atoms with Gasteiger partial charge in [0.1, 0.15) is 12.2 Å². The molecule has 2 aliphatic rings. The van der Waals surface area contributed by atoms with Gasteiger partial charge in [-0.15, -0.1) is 0 Å². The van der Waals surface area contributed by atoms with Gasteiger partial charge in [-0.05, 0) is 62.2 Å². The highest BCUT2D eigenvalue weighted by molar-refractivity contribution is 6.30. The summed E-state index contributed by atoms with van der Waals surface area (Å²) >= 11 is 12.4. The molecule has 4 atom stereocenters. The lowest BCUT2D eigenvalue weighted by Crippen LogP contribution is -2.51. The highest BCUT2D eigenvalue weighted by Crippen LogP contribution is 2.51. The number of aliphatic hydroxyl groups is 2. The van der Waals surface area contributed by atoms with Crippen LogP contribution in [0.2, 0.25) is 10.0 Å². The number of carbonyl (C=O) groups is 1. The molecule has 2 aliphatic heterocycles. The minimum Gasteiger partial charge on any atom is -0.388 e. The quantitative estimate of drug-likeness (QED) is 0.435. The zero-order chi connectivity index (χ0) is 26.5. The molecule has 6 nitrogen and oxygen atoms in total. The summed E-state index contributed by atoms with van der Waals surface area (Å²) in [5.41, 5.74) is 0.641. The highest BCUT2D eigenvalue weighted by Gasteiger charge is 2.56. The van der Waals surface area contributed by atoms with Crippen LogP contribution < -0.4 is 0 Å². The Balaban J connectivity index is 1.77. The maximum atomic E-state index is 14.3. The van der Waals surface area contributed by atoms with Crippen LogP contribution in [0.3, 0.4) is 0 Å². The molecule has 1 amide bonds. The Morgan fingerprint density at radius 2 is 1.65 bits per heavy atom. The number of carbonyl (C=O) groups excluding carboxylic acids is 1. The molecule has 37 heavy (non-hydrogen) atoms. The molecule has 3 aromatic rings. The second-order valence-electron chi connectivity index (χ2n) is 10.1. The average Bonchev–Trinajstić information content (AvgIpc) is 3.37. The van der Waals surface area contributed by atoms with Gasteiger partial charge >= 0.3 is 0 Å². The van der Waals surface area contributed by atoms with E-state index < -0.39 is 29.6 Å². The fraction of sp³-hybridized carbons (Fsp3) is 0.345. The number of hydrogen-bond acceptors (Lipinski definition) is 5. The average molecular weight is 542 g/mol. The molecule has 1 fully saturated rings. The molecule has 2 N–H and O–H groups in total. The maximum Gasteiger partial charge on any atom is 0.257 e. The largest absolute Gasteiger partial charge is 0.388 e. The van der Waals surface area contributed by atoms with E-state index in [4.69, 9.17) is 32.7 Å². The number of fused-ring (bicyclic) bond motifs is 1. The summed E-state index contributed by atoms with van der Waals surface area (Å²) in [4.78, 5) is 16.0. The van der Waals surface area contributed by atoms with Gasteiger partial charge in [0, 0.05) is 26.7 Å². The summed E-state index contributed by atoms with van der Waals surface area (Å²) in [6, 6.07) is 19.4. The van der Waals surface area contributed by atoms with E-state index in [1.807, 2.05) is 37.3 Å². The molecule has 0 unspecified atom stereocenters. The Hall–Kier alpha value is -2.45. The van der Waals surface area contributed by atoms with Gasteiger partial charge in [0.05, 0.1) is 24.9 Å². The lowest BCUT2D eigenvalue weighted by atomic mass is 9.88. The lowest BCUT2D eigenvalue weighted by molar-refractivity contribution is -0.172. The van der Waals surface area contributed by atoms with E-state index >= 15 is 0 Å². The van der Waals surface area contributed by atoms with Gasteiger partial charge in [-0.1, -0.05) is 59.6 Å². The molecule has 0 bridgehead atoms. The van der Waals surface area contributed by atoms with Crippen molar-refractivity contribution in [1.82, 2.24) is 4.90 Å². The summed E-state index contributed by atoms with van der Waals surface area (Å²) in [5.74, 6) is -0.257. The van der Waals surface area contributed by atoms with E-state index in [-0.39, 0.29) is 19.1 Å². The minimum absolute atomic E-state index is 0.145. The number of aliphatic hydroxyl groups excluding tert-OH is 1. The van der Waals surface area contributed by atoms with Gasteiger partial charge in [0.25, 0.3) is 5.91 Å². The van der Waals surface area contributed by atoms with Crippen molar-refractivity contribution in [2.75, 3.05) is 13.2 Å². The molecule has 0 radical (unpaired) electrons. The monoisotopic (exact) mass is 541 g/mol. The van der Waals surface area contributed by atoms with Crippen LogP contribution in [0, 0.1) is 0 Å². The topological polar surface area (TPSA) is 79.2 Å². The fourth-order valence-corrected chi connectivity index (χ4v) is 5.40. The molecule has 2 heterocycles. The van der Waals surface area contributed by atoms with Crippen molar-refractivity contribution in [3.05, 3.63) is 105 Å². The Morgan fingerprint density at radius 3 is 2.22 bits per heavy atom. The molecular formula is C29H29Cl2NO5. The summed E-state index contributed by atoms with van der Waals surface area (Å²) in [5, 5.41) is 22.5. The van der Waals surface area contributed by atoms with Crippen molar-refractivity contribution >= 4 is 29.1 Å². The van der Waals surface area contributed by atoms with E-state index in [1.54, 1.807) is 55.1 Å². The van der Waals surface area contributed by atoms with Gasteiger partial charge in [-0.25, -0.2) is 0 Å². The van der Waals surface area contributed by atoms with Crippen molar-refractivity contribution in [3.8, 4) is 0 Å². The first-order valence-corrected chi connectivity index (χ1v) is 12.9. The van der Waals surface area contributed by atoms with Gasteiger partial charge in [-0.2, -0.15) is 0 Å². The van der Waals surface area contributed by atoms with Gasteiger partial charge in [-0.3, -0.25) is 9.69 Å². The number of nitrogens with zero attached hydrogens (tertiary/aromatic N) is 1. The first-order valence-electron chi connectivity index (χ1n) is 12.2. The third kappa shape index (κ3) is 4.56. The van der Waals surface area contributed by atoms with Gasteiger partial charge in [0.15, 0.2) is 5.72 Å². The van der Waals surface area contributed by atoms with Crippen LogP contribution in [0.5, 0.6) is 0 Å². The minimum atomic E-state index is -1.40. The Morgan fingerprint density at radius 1 is 1.03 bits per heavy atom. The van der Waals surface area contributed by atoms with Gasteiger partial charge in [0.2, 0.25) is 0 Å². The molecule has 0 saturated carbocycles. The van der Waals surface area contributed by atoms with Crippen molar-refractivity contribution in [2.45, 2.75) is 50.3 Å². The number of rotatable bonds is 6. The standard InChI is InChI=1S/C29H29Cl2NO5/c1-17(18-4-9-21(30)10-5-18)32-27(34)23-14-20(28(2,3)35)8-13-24(23)29(32,19-6-11-22(31)12-7-19)37-26-16-36-15-25(26)33/h4-14,17,25-26,33,35H,15-16H2,1-3H3/t17-,25-,26+,29+/m0/s1. The summed E-state index contributed by atoms with van der Waals surface area (Å²) in [6.45, 7) is 5.62. The maximum absolute atomic E-state index is 14.3. The predicted molar refractivity (Wildman–Crippen MR) is 142 cm³/mol. The summed E-state index contributed by atoms with van der Waals surface area (Å²) < 4.78 is 12.3. The zero-order valence-corrected chi connectivity index (χ0v) is 22.3. The first kappa shape index (κ1) is 26.2. The van der Waals surface area contributed by atoms with E-state index in [0.29, 0.717) is 32.3 Å². The Bertz CT molecular complexity index is 1310. The van der Waals surface area contributed by atoms with Crippen LogP contribution in [0.1, 0.15) is 59.4 Å². The van der Waals surface area contributed by atoms with Crippen molar-refractivity contribution in [3.63, 3.8) is 0 Å². The van der Waals surface area contributed by atoms with Crippen LogP contribution in [0.25, 0.3) is 0 Å². The SMILES string of the molecule is C[C@@H](c1ccc(Cl)cc1)N1C(=O)c2cc(C(C)(C)O)ccc2[C@]1(O[C@@H]1COC[C@@H]1O)c1ccc(Cl)cc1. The molecule has 5 rings (SSSR count). The van der Waals surface area contributed by atoms with E-state index in [1.165, 1.54) is 0 Å². The van der Waals surface area contributed by atoms with Crippen LogP contribution >= 0.6 is 23.2 Å². The molecule has 0 spiro atoms. The Labute approximate surface area is 226 Å². The highest BCUT2D eigenvalue weighted by atomic mass is 35.5. The molecular weight excluding hydrogens is 513 g/mol. The van der Waals surface area contributed by atoms with Gasteiger partial charge < -0.3 is 19.7 Å². The number of benzene rings is 3. The third-order valence-electron chi connectivity index (χ3n) is 7.18. The fourth-order valence-electron chi connectivity index (χ4n) is 5.15.